The lowest BCUT2D eigenvalue weighted by molar-refractivity contribution is -0.161. The zero-order valence-electron chi connectivity index (χ0n) is 18.3. The number of ether oxygens (including phenoxy) is 2. The summed E-state index contributed by atoms with van der Waals surface area (Å²) in [4.78, 5) is 36.2. The van der Waals surface area contributed by atoms with Gasteiger partial charge in [-0.1, -0.05) is 26.3 Å². The number of carbonyl (C=O) groups is 3. The number of Topliss-reactive ketones (excluding diaryl/α,β-unsaturated/α-hetero) is 1. The summed E-state index contributed by atoms with van der Waals surface area (Å²) in [6, 6.07) is 0. The van der Waals surface area contributed by atoms with E-state index in [4.69, 9.17) is 9.47 Å². The molecule has 9 nitrogen and oxygen atoms in total. The van der Waals surface area contributed by atoms with E-state index in [9.17, 15) is 34.8 Å². The lowest BCUT2D eigenvalue weighted by Crippen LogP contribution is -2.46. The van der Waals surface area contributed by atoms with Gasteiger partial charge >= 0.3 is 11.9 Å². The van der Waals surface area contributed by atoms with Crippen molar-refractivity contribution < 1.29 is 44.3 Å². The number of aliphatic hydroxyl groups is 4. The molecule has 1 aliphatic rings. The lowest BCUT2D eigenvalue weighted by atomic mass is 9.72. The molecule has 5 unspecified atom stereocenters. The second-order valence-corrected chi connectivity index (χ2v) is 8.39. The summed E-state index contributed by atoms with van der Waals surface area (Å²) >= 11 is 0. The highest BCUT2D eigenvalue weighted by molar-refractivity contribution is 6.01. The topological polar surface area (TPSA) is 151 Å². The van der Waals surface area contributed by atoms with Gasteiger partial charge in [-0.2, -0.15) is 0 Å². The molecular formula is C21H34O9. The third-order valence-electron chi connectivity index (χ3n) is 5.71. The minimum atomic E-state index is -1.70. The summed E-state index contributed by atoms with van der Waals surface area (Å²) in [7, 11) is 0. The molecular weight excluding hydrogens is 396 g/mol. The maximum Gasteiger partial charge on any atom is 0.307 e. The van der Waals surface area contributed by atoms with Crippen LogP contribution in [0.15, 0.2) is 11.1 Å². The van der Waals surface area contributed by atoms with Crippen molar-refractivity contribution in [3.05, 3.63) is 11.1 Å². The van der Waals surface area contributed by atoms with Crippen LogP contribution in [0.1, 0.15) is 60.3 Å². The molecule has 1 rings (SSSR count). The third kappa shape index (κ3) is 6.87. The Balaban J connectivity index is 2.45. The van der Waals surface area contributed by atoms with Gasteiger partial charge in [-0.25, -0.2) is 0 Å². The fraction of sp³-hybridized carbons (Fsp3) is 0.762. The molecule has 0 amide bonds. The molecule has 0 saturated heterocycles. The molecule has 9 heteroatoms. The molecule has 1 aliphatic carbocycles. The first kappa shape index (κ1) is 26.2. The first-order valence-electron chi connectivity index (χ1n) is 10.1. The maximum atomic E-state index is 12.3. The van der Waals surface area contributed by atoms with Gasteiger partial charge in [-0.15, -0.1) is 0 Å². The average molecular weight is 430 g/mol. The van der Waals surface area contributed by atoms with E-state index in [1.165, 1.54) is 0 Å². The van der Waals surface area contributed by atoms with E-state index in [0.717, 1.165) is 5.57 Å². The van der Waals surface area contributed by atoms with Crippen molar-refractivity contribution in [1.82, 2.24) is 0 Å². The van der Waals surface area contributed by atoms with E-state index in [1.54, 1.807) is 13.8 Å². The van der Waals surface area contributed by atoms with Gasteiger partial charge in [-0.05, 0) is 31.3 Å². The van der Waals surface area contributed by atoms with Gasteiger partial charge in [0.15, 0.2) is 11.9 Å². The Morgan fingerprint density at radius 2 is 1.57 bits per heavy atom. The Labute approximate surface area is 176 Å². The number of rotatable bonds is 10. The summed E-state index contributed by atoms with van der Waals surface area (Å²) in [5.74, 6) is -1.77. The quantitative estimate of drug-likeness (QED) is 0.361. The van der Waals surface area contributed by atoms with Crippen molar-refractivity contribution in [2.24, 2.45) is 5.41 Å². The Hall–Kier alpha value is -1.81. The fourth-order valence-electron chi connectivity index (χ4n) is 3.21. The van der Waals surface area contributed by atoms with Crippen LogP contribution in [0.2, 0.25) is 0 Å². The van der Waals surface area contributed by atoms with Crippen molar-refractivity contribution in [3.8, 4) is 0 Å². The maximum absolute atomic E-state index is 12.3. The van der Waals surface area contributed by atoms with Crippen molar-refractivity contribution >= 4 is 17.7 Å². The van der Waals surface area contributed by atoms with E-state index in [0.29, 0.717) is 12.0 Å². The van der Waals surface area contributed by atoms with Gasteiger partial charge in [0.25, 0.3) is 0 Å². The molecule has 30 heavy (non-hydrogen) atoms. The Bertz CT molecular complexity index is 667. The molecule has 5 atom stereocenters. The standard InChI is InChI=1S/C21H34O9/c1-6-13(22)19(27)20(28)14(23)10-29-16(24)7-8-17(25)30-15-9-21(4,5)12(3)11(2)18(15)26/h13-15,19-20,22-23,27-28H,6-10H2,1-5H3. The van der Waals surface area contributed by atoms with E-state index < -0.39 is 49.1 Å². The van der Waals surface area contributed by atoms with Crippen molar-refractivity contribution in [2.45, 2.75) is 90.8 Å². The molecule has 0 spiro atoms. The Morgan fingerprint density at radius 3 is 2.13 bits per heavy atom. The van der Waals surface area contributed by atoms with Crippen LogP contribution in [-0.2, 0) is 23.9 Å². The lowest BCUT2D eigenvalue weighted by Gasteiger charge is -2.36. The first-order valence-corrected chi connectivity index (χ1v) is 10.1. The van der Waals surface area contributed by atoms with Crippen LogP contribution < -0.4 is 0 Å². The van der Waals surface area contributed by atoms with E-state index in [-0.39, 0.29) is 30.5 Å². The molecule has 0 aromatic rings. The van der Waals surface area contributed by atoms with Crippen LogP contribution in [0.4, 0.5) is 0 Å². The predicted octanol–water partition coefficient (Wildman–Crippen LogP) is 0.411. The van der Waals surface area contributed by atoms with Gasteiger partial charge in [0.05, 0.1) is 18.9 Å². The van der Waals surface area contributed by atoms with E-state index in [1.807, 2.05) is 20.8 Å². The molecule has 172 valence electrons. The second-order valence-electron chi connectivity index (χ2n) is 8.39. The van der Waals surface area contributed by atoms with Crippen molar-refractivity contribution in [1.29, 1.82) is 0 Å². The summed E-state index contributed by atoms with van der Waals surface area (Å²) in [5.41, 5.74) is 1.25. The summed E-state index contributed by atoms with van der Waals surface area (Å²) < 4.78 is 10.1. The summed E-state index contributed by atoms with van der Waals surface area (Å²) in [6.07, 6.45) is -7.11. The minimum Gasteiger partial charge on any atom is -0.463 e. The number of esters is 2. The van der Waals surface area contributed by atoms with Gasteiger partial charge in [0, 0.05) is 6.42 Å². The highest BCUT2D eigenvalue weighted by Gasteiger charge is 2.39. The normalized spacial score (nSPS) is 22.8. The predicted molar refractivity (Wildman–Crippen MR) is 106 cm³/mol. The van der Waals surface area contributed by atoms with E-state index in [2.05, 4.69) is 0 Å². The number of hydrogen-bond acceptors (Lipinski definition) is 9. The Morgan fingerprint density at radius 1 is 1.03 bits per heavy atom. The Kier molecular flexibility index (Phi) is 9.61. The summed E-state index contributed by atoms with van der Waals surface area (Å²) in [6.45, 7) is 8.49. The van der Waals surface area contributed by atoms with Crippen LogP contribution >= 0.6 is 0 Å². The van der Waals surface area contributed by atoms with Crippen LogP contribution in [0.25, 0.3) is 0 Å². The minimum absolute atomic E-state index is 0.169. The number of allylic oxidation sites excluding steroid dienone is 1. The largest absolute Gasteiger partial charge is 0.463 e. The van der Waals surface area contributed by atoms with Crippen LogP contribution in [0.5, 0.6) is 0 Å². The molecule has 0 heterocycles. The van der Waals surface area contributed by atoms with Crippen molar-refractivity contribution in [2.75, 3.05) is 6.61 Å². The number of hydrogen-bond donors (Lipinski definition) is 4. The van der Waals surface area contributed by atoms with Gasteiger partial charge in [0.2, 0.25) is 0 Å². The molecule has 0 aromatic carbocycles. The highest BCUT2D eigenvalue weighted by Crippen LogP contribution is 2.39. The molecule has 0 saturated carbocycles. The van der Waals surface area contributed by atoms with Crippen LogP contribution in [0, 0.1) is 5.41 Å². The molecule has 0 radical (unpaired) electrons. The monoisotopic (exact) mass is 430 g/mol. The molecule has 0 aliphatic heterocycles. The van der Waals surface area contributed by atoms with Crippen LogP contribution in [-0.4, -0.2) is 75.3 Å². The first-order chi connectivity index (χ1) is 13.8. The molecule has 0 aromatic heterocycles. The molecule has 0 fully saturated rings. The summed E-state index contributed by atoms with van der Waals surface area (Å²) in [5, 5.41) is 38.6. The fourth-order valence-corrected chi connectivity index (χ4v) is 3.21. The average Bonchev–Trinajstić information content (AvgIpc) is 2.70. The van der Waals surface area contributed by atoms with E-state index >= 15 is 0 Å². The van der Waals surface area contributed by atoms with Gasteiger partial charge in [0.1, 0.15) is 24.9 Å². The molecule has 0 bridgehead atoms. The SMILES string of the molecule is CCC(O)C(O)C(O)C(O)COC(=O)CCC(=O)OC1CC(C)(C)C(C)=C(C)C1=O. The van der Waals surface area contributed by atoms with Gasteiger partial charge in [-0.3, -0.25) is 14.4 Å². The molecule has 4 N–H and O–H groups in total. The van der Waals surface area contributed by atoms with Gasteiger partial charge < -0.3 is 29.9 Å². The van der Waals surface area contributed by atoms with Crippen LogP contribution in [0.3, 0.4) is 0 Å². The van der Waals surface area contributed by atoms with Crippen molar-refractivity contribution in [3.63, 3.8) is 0 Å². The zero-order chi connectivity index (χ0) is 23.2. The highest BCUT2D eigenvalue weighted by atomic mass is 16.6. The third-order valence-corrected chi connectivity index (χ3v) is 5.71. The zero-order valence-corrected chi connectivity index (χ0v) is 18.3. The number of ketones is 1. The second kappa shape index (κ2) is 11.0. The number of aliphatic hydroxyl groups excluding tert-OH is 4. The number of carbonyl (C=O) groups excluding carboxylic acids is 3. The smallest absolute Gasteiger partial charge is 0.307 e.